The topological polar surface area (TPSA) is 51.2 Å². The zero-order chi connectivity index (χ0) is 14.3. The van der Waals surface area contributed by atoms with Gasteiger partial charge in [-0.15, -0.1) is 0 Å². The molecule has 4 heteroatoms. The van der Waals surface area contributed by atoms with Gasteiger partial charge in [0.05, 0.1) is 12.8 Å². The minimum absolute atomic E-state index is 0.0324. The number of rotatable bonds is 7. The quantitative estimate of drug-likeness (QED) is 0.769. The van der Waals surface area contributed by atoms with Gasteiger partial charge in [0.2, 0.25) is 0 Å². The molecule has 0 aliphatic carbocycles. The van der Waals surface area contributed by atoms with Crippen LogP contribution in [0.2, 0.25) is 0 Å². The molecule has 0 saturated carbocycles. The Morgan fingerprint density at radius 3 is 2.74 bits per heavy atom. The summed E-state index contributed by atoms with van der Waals surface area (Å²) in [5.74, 6) is 0.752. The van der Waals surface area contributed by atoms with Crippen LogP contribution < -0.4 is 10.1 Å². The molecular weight excluding hydrogens is 240 g/mol. The molecule has 0 atom stereocenters. The molecule has 1 aromatic heterocycles. The Morgan fingerprint density at radius 2 is 2.11 bits per heavy atom. The first-order chi connectivity index (χ1) is 8.92. The van der Waals surface area contributed by atoms with Gasteiger partial charge in [0.1, 0.15) is 5.75 Å². The van der Waals surface area contributed by atoms with E-state index in [0.717, 1.165) is 6.42 Å². The maximum atomic E-state index is 12.0. The molecule has 0 amide bonds. The fraction of sp³-hybridized carbons (Fsp3) is 0.600. The highest BCUT2D eigenvalue weighted by molar-refractivity contribution is 5.96. The summed E-state index contributed by atoms with van der Waals surface area (Å²) in [5, 5.41) is 3.30. The number of Topliss-reactive ketones (excluding diaryl/α,β-unsaturated/α-hetero) is 1. The lowest BCUT2D eigenvalue weighted by Gasteiger charge is -2.20. The minimum atomic E-state index is 0.0324. The van der Waals surface area contributed by atoms with Crippen molar-refractivity contribution in [2.24, 2.45) is 0 Å². The number of carbonyl (C=O) groups is 1. The number of hydrogen-bond donors (Lipinski definition) is 1. The highest BCUT2D eigenvalue weighted by Crippen LogP contribution is 2.13. The van der Waals surface area contributed by atoms with Crippen molar-refractivity contribution in [1.82, 2.24) is 10.3 Å². The largest absolute Gasteiger partial charge is 0.492 e. The number of hydrogen-bond acceptors (Lipinski definition) is 4. The SMILES string of the molecule is CCCOc1cncc(C(=O)CCNC(C)(C)C)c1. The van der Waals surface area contributed by atoms with Crippen molar-refractivity contribution in [3.63, 3.8) is 0 Å². The number of aromatic nitrogens is 1. The molecular formula is C15H24N2O2. The van der Waals surface area contributed by atoms with Crippen molar-refractivity contribution in [3.05, 3.63) is 24.0 Å². The van der Waals surface area contributed by atoms with E-state index in [-0.39, 0.29) is 11.3 Å². The molecule has 0 fully saturated rings. The first kappa shape index (κ1) is 15.6. The van der Waals surface area contributed by atoms with Gasteiger partial charge in [-0.2, -0.15) is 0 Å². The second kappa shape index (κ2) is 7.24. The van der Waals surface area contributed by atoms with E-state index in [0.29, 0.717) is 30.9 Å². The van der Waals surface area contributed by atoms with Crippen LogP contribution in [0.5, 0.6) is 5.75 Å². The smallest absolute Gasteiger partial charge is 0.165 e. The van der Waals surface area contributed by atoms with Crippen LogP contribution in [-0.2, 0) is 0 Å². The molecule has 0 saturated heterocycles. The normalized spacial score (nSPS) is 11.4. The minimum Gasteiger partial charge on any atom is -0.492 e. The number of ether oxygens (including phenoxy) is 1. The first-order valence-corrected chi connectivity index (χ1v) is 6.78. The Balaban J connectivity index is 2.52. The number of nitrogens with one attached hydrogen (secondary N) is 1. The summed E-state index contributed by atoms with van der Waals surface area (Å²) in [5.41, 5.74) is 0.647. The lowest BCUT2D eigenvalue weighted by atomic mass is 10.1. The van der Waals surface area contributed by atoms with Crippen LogP contribution >= 0.6 is 0 Å². The van der Waals surface area contributed by atoms with E-state index >= 15 is 0 Å². The van der Waals surface area contributed by atoms with Crippen molar-refractivity contribution < 1.29 is 9.53 Å². The third-order valence-electron chi connectivity index (χ3n) is 2.52. The van der Waals surface area contributed by atoms with E-state index < -0.39 is 0 Å². The van der Waals surface area contributed by atoms with E-state index in [1.165, 1.54) is 0 Å². The van der Waals surface area contributed by atoms with Crippen LogP contribution in [0.1, 0.15) is 50.9 Å². The molecule has 4 nitrogen and oxygen atoms in total. The number of pyridine rings is 1. The molecule has 0 radical (unpaired) electrons. The summed E-state index contributed by atoms with van der Waals surface area (Å²) >= 11 is 0. The Kier molecular flexibility index (Phi) is 5.96. The average molecular weight is 264 g/mol. The van der Waals surface area contributed by atoms with Gasteiger partial charge in [-0.3, -0.25) is 9.78 Å². The molecule has 0 aromatic carbocycles. The van der Waals surface area contributed by atoms with Gasteiger partial charge in [-0.05, 0) is 33.3 Å². The standard InChI is InChI=1S/C15H24N2O2/c1-5-8-19-13-9-12(10-16-11-13)14(18)6-7-17-15(2,3)4/h9-11,17H,5-8H2,1-4H3. The summed E-state index contributed by atoms with van der Waals surface area (Å²) in [6.07, 6.45) is 4.64. The summed E-state index contributed by atoms with van der Waals surface area (Å²) in [7, 11) is 0. The van der Waals surface area contributed by atoms with E-state index in [1.54, 1.807) is 18.5 Å². The van der Waals surface area contributed by atoms with Crippen LogP contribution in [0.4, 0.5) is 0 Å². The summed E-state index contributed by atoms with van der Waals surface area (Å²) < 4.78 is 5.47. The predicted octanol–water partition coefficient (Wildman–Crippen LogP) is 2.83. The van der Waals surface area contributed by atoms with Crippen LogP contribution in [-0.4, -0.2) is 29.5 Å². The van der Waals surface area contributed by atoms with Crippen LogP contribution in [0.25, 0.3) is 0 Å². The monoisotopic (exact) mass is 264 g/mol. The molecule has 1 heterocycles. The second-order valence-corrected chi connectivity index (χ2v) is 5.61. The van der Waals surface area contributed by atoms with Gasteiger partial charge < -0.3 is 10.1 Å². The number of nitrogens with zero attached hydrogens (tertiary/aromatic N) is 1. The molecule has 0 unspecified atom stereocenters. The van der Waals surface area contributed by atoms with Crippen molar-refractivity contribution >= 4 is 5.78 Å². The molecule has 0 spiro atoms. The molecule has 19 heavy (non-hydrogen) atoms. The lowest BCUT2D eigenvalue weighted by Crippen LogP contribution is -2.37. The highest BCUT2D eigenvalue weighted by Gasteiger charge is 2.11. The summed E-state index contributed by atoms with van der Waals surface area (Å²) in [6.45, 7) is 9.60. The zero-order valence-electron chi connectivity index (χ0n) is 12.3. The van der Waals surface area contributed by atoms with Crippen molar-refractivity contribution in [2.75, 3.05) is 13.2 Å². The van der Waals surface area contributed by atoms with Crippen LogP contribution in [0.15, 0.2) is 18.5 Å². The van der Waals surface area contributed by atoms with E-state index in [9.17, 15) is 4.79 Å². The fourth-order valence-corrected chi connectivity index (χ4v) is 1.57. The maximum absolute atomic E-state index is 12.0. The first-order valence-electron chi connectivity index (χ1n) is 6.78. The van der Waals surface area contributed by atoms with Gasteiger partial charge in [0.25, 0.3) is 0 Å². The lowest BCUT2D eigenvalue weighted by molar-refractivity contribution is 0.0979. The number of ketones is 1. The Hall–Kier alpha value is -1.42. The van der Waals surface area contributed by atoms with Gasteiger partial charge in [0, 0.05) is 30.3 Å². The summed E-state index contributed by atoms with van der Waals surface area (Å²) in [4.78, 5) is 16.1. The van der Waals surface area contributed by atoms with Crippen molar-refractivity contribution in [3.8, 4) is 5.75 Å². The van der Waals surface area contributed by atoms with Gasteiger partial charge in [0.15, 0.2) is 5.78 Å². The van der Waals surface area contributed by atoms with E-state index in [2.05, 4.69) is 31.1 Å². The van der Waals surface area contributed by atoms with Crippen LogP contribution in [0, 0.1) is 0 Å². The number of carbonyl (C=O) groups excluding carboxylic acids is 1. The molecule has 1 aromatic rings. The Morgan fingerprint density at radius 1 is 1.37 bits per heavy atom. The van der Waals surface area contributed by atoms with Crippen LogP contribution in [0.3, 0.4) is 0 Å². The maximum Gasteiger partial charge on any atom is 0.165 e. The van der Waals surface area contributed by atoms with E-state index in [1.807, 2.05) is 6.92 Å². The van der Waals surface area contributed by atoms with Gasteiger partial charge >= 0.3 is 0 Å². The Bertz CT molecular complexity index is 411. The highest BCUT2D eigenvalue weighted by atomic mass is 16.5. The molecule has 0 bridgehead atoms. The third-order valence-corrected chi connectivity index (χ3v) is 2.52. The second-order valence-electron chi connectivity index (χ2n) is 5.61. The Labute approximate surface area is 115 Å². The van der Waals surface area contributed by atoms with Gasteiger partial charge in [-0.25, -0.2) is 0 Å². The summed E-state index contributed by atoms with van der Waals surface area (Å²) in [6, 6.07) is 1.77. The third kappa shape index (κ3) is 6.34. The molecule has 0 aliphatic rings. The molecule has 1 rings (SSSR count). The zero-order valence-corrected chi connectivity index (χ0v) is 12.3. The average Bonchev–Trinajstić information content (AvgIpc) is 2.35. The predicted molar refractivity (Wildman–Crippen MR) is 76.7 cm³/mol. The molecule has 106 valence electrons. The molecule has 1 N–H and O–H groups in total. The van der Waals surface area contributed by atoms with Crippen molar-refractivity contribution in [2.45, 2.75) is 46.1 Å². The molecule has 0 aliphatic heterocycles. The van der Waals surface area contributed by atoms with Gasteiger partial charge in [-0.1, -0.05) is 6.92 Å². The fourth-order valence-electron chi connectivity index (χ4n) is 1.57. The van der Waals surface area contributed by atoms with E-state index in [4.69, 9.17) is 4.74 Å². The van der Waals surface area contributed by atoms with Crippen molar-refractivity contribution in [1.29, 1.82) is 0 Å².